The lowest BCUT2D eigenvalue weighted by molar-refractivity contribution is -0.152. The van der Waals surface area contributed by atoms with Gasteiger partial charge in [-0.05, 0) is 62.0 Å². The van der Waals surface area contributed by atoms with E-state index in [9.17, 15) is 9.59 Å². The number of hydrogen-bond acceptors (Lipinski definition) is 4. The minimum absolute atomic E-state index is 0.0955. The van der Waals surface area contributed by atoms with Crippen LogP contribution in [0, 0.1) is 17.8 Å². The van der Waals surface area contributed by atoms with Gasteiger partial charge in [0.25, 0.3) is 5.91 Å². The molecule has 0 aromatic carbocycles. The van der Waals surface area contributed by atoms with Crippen LogP contribution in [0.15, 0.2) is 24.5 Å². The number of nitrogens with zero attached hydrogens (tertiary/aromatic N) is 3. The highest BCUT2D eigenvalue weighted by atomic mass is 16.2. The van der Waals surface area contributed by atoms with Crippen molar-refractivity contribution in [3.63, 3.8) is 0 Å². The van der Waals surface area contributed by atoms with Crippen molar-refractivity contribution in [1.82, 2.24) is 20.1 Å². The van der Waals surface area contributed by atoms with E-state index in [-0.39, 0.29) is 11.9 Å². The van der Waals surface area contributed by atoms with Gasteiger partial charge in [0.2, 0.25) is 5.91 Å². The monoisotopic (exact) mass is 382 g/mol. The number of pyridine rings is 1. The average molecular weight is 383 g/mol. The second-order valence-electron chi connectivity index (χ2n) is 9.20. The summed E-state index contributed by atoms with van der Waals surface area (Å²) in [6.45, 7) is 3.99. The van der Waals surface area contributed by atoms with Crippen molar-refractivity contribution in [2.45, 2.75) is 50.6 Å². The summed E-state index contributed by atoms with van der Waals surface area (Å²) in [6, 6.07) is 4.05. The Hall–Kier alpha value is -1.95. The van der Waals surface area contributed by atoms with Gasteiger partial charge in [0.1, 0.15) is 0 Å². The van der Waals surface area contributed by atoms with E-state index in [1.54, 1.807) is 24.5 Å². The maximum Gasteiger partial charge on any atom is 0.252 e. The third-order valence-corrected chi connectivity index (χ3v) is 7.18. The largest absolute Gasteiger partial charge is 0.350 e. The third kappa shape index (κ3) is 3.54. The molecule has 3 saturated heterocycles. The van der Waals surface area contributed by atoms with Gasteiger partial charge in [-0.3, -0.25) is 14.6 Å². The zero-order valence-corrected chi connectivity index (χ0v) is 16.4. The second kappa shape index (κ2) is 7.47. The second-order valence-corrected chi connectivity index (χ2v) is 9.20. The Morgan fingerprint density at radius 1 is 1.21 bits per heavy atom. The molecule has 2 bridgehead atoms. The van der Waals surface area contributed by atoms with Gasteiger partial charge in [0, 0.05) is 51.0 Å². The van der Waals surface area contributed by atoms with Gasteiger partial charge < -0.3 is 15.1 Å². The zero-order chi connectivity index (χ0) is 19.1. The highest BCUT2D eigenvalue weighted by molar-refractivity contribution is 5.93. The molecule has 4 atom stereocenters. The number of carbonyl (C=O) groups is 2. The van der Waals surface area contributed by atoms with E-state index in [1.807, 2.05) is 0 Å². The number of carbonyl (C=O) groups excluding carboxylic acids is 2. The van der Waals surface area contributed by atoms with Crippen molar-refractivity contribution >= 4 is 11.8 Å². The fourth-order valence-corrected chi connectivity index (χ4v) is 5.75. The van der Waals surface area contributed by atoms with E-state index in [0.29, 0.717) is 42.3 Å². The summed E-state index contributed by atoms with van der Waals surface area (Å²) in [5, 5.41) is 3.10. The number of amides is 2. The summed E-state index contributed by atoms with van der Waals surface area (Å²) >= 11 is 0. The zero-order valence-electron chi connectivity index (χ0n) is 16.4. The fourth-order valence-electron chi connectivity index (χ4n) is 5.75. The Morgan fingerprint density at radius 2 is 2.07 bits per heavy atom. The smallest absolute Gasteiger partial charge is 0.252 e. The first-order valence-electron chi connectivity index (χ1n) is 10.9. The minimum Gasteiger partial charge on any atom is -0.350 e. The number of piperidine rings is 3. The molecule has 28 heavy (non-hydrogen) atoms. The van der Waals surface area contributed by atoms with Gasteiger partial charge in [-0.2, -0.15) is 0 Å². The highest BCUT2D eigenvalue weighted by Crippen LogP contribution is 2.42. The fraction of sp³-hybridized carbons (Fsp3) is 0.682. The van der Waals surface area contributed by atoms with E-state index >= 15 is 0 Å². The molecule has 150 valence electrons. The van der Waals surface area contributed by atoms with Gasteiger partial charge in [0.15, 0.2) is 0 Å². The molecule has 6 nitrogen and oxygen atoms in total. The lowest BCUT2D eigenvalue weighted by Gasteiger charge is -2.56. The Morgan fingerprint density at radius 3 is 2.86 bits per heavy atom. The molecule has 2 amide bonds. The number of fused-ring (bicyclic) bond motifs is 4. The van der Waals surface area contributed by atoms with Gasteiger partial charge in [-0.25, -0.2) is 0 Å². The van der Waals surface area contributed by atoms with Crippen LogP contribution in [0.1, 0.15) is 48.9 Å². The number of nitrogens with one attached hydrogen (secondary N) is 1. The summed E-state index contributed by atoms with van der Waals surface area (Å²) in [5.74, 6) is 2.16. The molecule has 1 aromatic heterocycles. The molecule has 1 aliphatic carbocycles. The summed E-state index contributed by atoms with van der Waals surface area (Å²) in [6.07, 6.45) is 10.0. The van der Waals surface area contributed by atoms with Crippen LogP contribution < -0.4 is 5.32 Å². The van der Waals surface area contributed by atoms with Crippen LogP contribution in [-0.4, -0.2) is 64.9 Å². The maximum atomic E-state index is 12.8. The standard InChI is InChI=1S/C22H30N4O2/c27-21-5-1-4-19-17-9-18(14-25(13-17)12-15-6-7-15)20(26(19)21)11-24-22(28)16-3-2-8-23-10-16/h2-3,8,10,15,17-20H,1,4-7,9,11-14H2,(H,24,28)/t17-,18+,19+,20+/m1/s1. The van der Waals surface area contributed by atoms with E-state index in [4.69, 9.17) is 0 Å². The predicted molar refractivity (Wildman–Crippen MR) is 106 cm³/mol. The molecule has 1 N–H and O–H groups in total. The first-order chi connectivity index (χ1) is 13.7. The normalized spacial score (nSPS) is 32.7. The Balaban J connectivity index is 1.32. The van der Waals surface area contributed by atoms with Gasteiger partial charge in [-0.15, -0.1) is 0 Å². The van der Waals surface area contributed by atoms with Crippen molar-refractivity contribution in [2.75, 3.05) is 26.2 Å². The number of likely N-dealkylation sites (tertiary alicyclic amines) is 1. The van der Waals surface area contributed by atoms with Gasteiger partial charge in [0.05, 0.1) is 11.6 Å². The first-order valence-corrected chi connectivity index (χ1v) is 10.9. The number of hydrogen-bond donors (Lipinski definition) is 1. The molecule has 6 heteroatoms. The molecule has 4 fully saturated rings. The Bertz CT molecular complexity index is 735. The van der Waals surface area contributed by atoms with E-state index in [1.165, 1.54) is 25.8 Å². The van der Waals surface area contributed by atoms with Crippen LogP contribution in [0.3, 0.4) is 0 Å². The summed E-state index contributed by atoms with van der Waals surface area (Å²) in [7, 11) is 0. The minimum atomic E-state index is -0.0955. The number of rotatable bonds is 5. The van der Waals surface area contributed by atoms with E-state index in [2.05, 4.69) is 20.1 Å². The van der Waals surface area contributed by atoms with Crippen LogP contribution >= 0.6 is 0 Å². The van der Waals surface area contributed by atoms with Crippen LogP contribution in [0.5, 0.6) is 0 Å². The van der Waals surface area contributed by atoms with Crippen molar-refractivity contribution in [3.8, 4) is 0 Å². The van der Waals surface area contributed by atoms with E-state index < -0.39 is 0 Å². The Labute approximate surface area is 166 Å². The predicted octanol–water partition coefficient (Wildman–Crippen LogP) is 1.92. The van der Waals surface area contributed by atoms with E-state index in [0.717, 1.165) is 31.8 Å². The Kier molecular flexibility index (Phi) is 4.83. The lowest BCUT2D eigenvalue weighted by atomic mass is 9.72. The molecular formula is C22H30N4O2. The van der Waals surface area contributed by atoms with Crippen LogP contribution in [0.25, 0.3) is 0 Å². The van der Waals surface area contributed by atoms with Crippen LogP contribution in [0.2, 0.25) is 0 Å². The molecule has 1 aromatic rings. The van der Waals surface area contributed by atoms with Crippen LogP contribution in [-0.2, 0) is 4.79 Å². The van der Waals surface area contributed by atoms with Crippen molar-refractivity contribution in [1.29, 1.82) is 0 Å². The first kappa shape index (κ1) is 18.1. The number of aromatic nitrogens is 1. The SMILES string of the molecule is O=C(NC[C@H]1[C@H]2C[C@H](CN(CC3CC3)C2)[C@@H]2CCCC(=O)N21)c1cccnc1. The van der Waals surface area contributed by atoms with Gasteiger partial charge in [-0.1, -0.05) is 0 Å². The molecule has 4 aliphatic rings. The maximum absolute atomic E-state index is 12.8. The molecule has 0 radical (unpaired) electrons. The molecule has 5 rings (SSSR count). The summed E-state index contributed by atoms with van der Waals surface area (Å²) in [4.78, 5) is 34.3. The molecule has 0 unspecified atom stereocenters. The molecule has 4 heterocycles. The van der Waals surface area contributed by atoms with Crippen molar-refractivity contribution in [3.05, 3.63) is 30.1 Å². The van der Waals surface area contributed by atoms with Gasteiger partial charge >= 0.3 is 0 Å². The molecule has 0 spiro atoms. The van der Waals surface area contributed by atoms with Crippen molar-refractivity contribution in [2.24, 2.45) is 17.8 Å². The summed E-state index contributed by atoms with van der Waals surface area (Å²) in [5.41, 5.74) is 0.580. The van der Waals surface area contributed by atoms with Crippen molar-refractivity contribution < 1.29 is 9.59 Å². The highest BCUT2D eigenvalue weighted by Gasteiger charge is 2.49. The topological polar surface area (TPSA) is 65.5 Å². The third-order valence-electron chi connectivity index (χ3n) is 7.18. The average Bonchev–Trinajstić information content (AvgIpc) is 3.53. The lowest BCUT2D eigenvalue weighted by Crippen LogP contribution is -2.67. The molecular weight excluding hydrogens is 352 g/mol. The summed E-state index contributed by atoms with van der Waals surface area (Å²) < 4.78 is 0. The van der Waals surface area contributed by atoms with Crippen LogP contribution in [0.4, 0.5) is 0 Å². The quantitative estimate of drug-likeness (QED) is 0.845. The molecule has 1 saturated carbocycles. The molecule has 3 aliphatic heterocycles.